The van der Waals surface area contributed by atoms with Gasteiger partial charge in [0.2, 0.25) is 5.91 Å². The molecule has 20 heavy (non-hydrogen) atoms. The standard InChI is InChI=1S/C14H22N2O3S/c1-4-7-11(15)12(17)16-13-10(14(18)19-6-3)8-9(5-2)20-13/h8,11H,4-7,15H2,1-3H3,(H,16,17)/t11-/m1/s1. The van der Waals surface area contributed by atoms with Gasteiger partial charge in [0.25, 0.3) is 0 Å². The first kappa shape index (κ1) is 16.7. The molecular formula is C14H22N2O3S. The molecule has 0 aliphatic heterocycles. The highest BCUT2D eigenvalue weighted by Crippen LogP contribution is 2.29. The fourth-order valence-corrected chi connectivity index (χ4v) is 2.70. The van der Waals surface area contributed by atoms with Crippen molar-refractivity contribution >= 4 is 28.2 Å². The number of carbonyl (C=O) groups is 2. The molecule has 0 spiro atoms. The second kappa shape index (κ2) is 8.01. The van der Waals surface area contributed by atoms with Gasteiger partial charge in [0.15, 0.2) is 0 Å². The highest BCUT2D eigenvalue weighted by molar-refractivity contribution is 7.16. The number of rotatable bonds is 7. The number of hydrogen-bond donors (Lipinski definition) is 2. The first-order valence-corrected chi connectivity index (χ1v) is 7.71. The van der Waals surface area contributed by atoms with Gasteiger partial charge in [0.1, 0.15) is 5.00 Å². The minimum Gasteiger partial charge on any atom is -0.462 e. The maximum absolute atomic E-state index is 12.0. The molecule has 0 aliphatic rings. The predicted octanol–water partition coefficient (Wildman–Crippen LogP) is 2.55. The lowest BCUT2D eigenvalue weighted by molar-refractivity contribution is -0.117. The largest absolute Gasteiger partial charge is 0.462 e. The van der Waals surface area contributed by atoms with Crippen molar-refractivity contribution in [3.05, 3.63) is 16.5 Å². The van der Waals surface area contributed by atoms with Gasteiger partial charge in [-0.05, 0) is 25.8 Å². The molecule has 1 atom stereocenters. The maximum Gasteiger partial charge on any atom is 0.341 e. The van der Waals surface area contributed by atoms with E-state index in [9.17, 15) is 9.59 Å². The van der Waals surface area contributed by atoms with Gasteiger partial charge in [-0.3, -0.25) is 4.79 Å². The third-order valence-corrected chi connectivity index (χ3v) is 3.99. The Morgan fingerprint density at radius 2 is 2.10 bits per heavy atom. The van der Waals surface area contributed by atoms with Gasteiger partial charge in [-0.2, -0.15) is 0 Å². The lowest BCUT2D eigenvalue weighted by Gasteiger charge is -2.11. The topological polar surface area (TPSA) is 81.4 Å². The van der Waals surface area contributed by atoms with Crippen LogP contribution in [0.15, 0.2) is 6.07 Å². The van der Waals surface area contributed by atoms with E-state index in [1.807, 2.05) is 13.8 Å². The average Bonchev–Trinajstić information content (AvgIpc) is 2.82. The van der Waals surface area contributed by atoms with Crippen LogP contribution in [0.1, 0.15) is 48.8 Å². The van der Waals surface area contributed by atoms with E-state index in [4.69, 9.17) is 10.5 Å². The number of nitrogens with two attached hydrogens (primary N) is 1. The zero-order chi connectivity index (χ0) is 15.1. The van der Waals surface area contributed by atoms with E-state index in [-0.39, 0.29) is 5.91 Å². The van der Waals surface area contributed by atoms with Crippen LogP contribution < -0.4 is 11.1 Å². The molecule has 0 radical (unpaired) electrons. The minimum atomic E-state index is -0.553. The SMILES string of the molecule is CCC[C@@H](N)C(=O)Nc1sc(CC)cc1C(=O)OCC. The smallest absolute Gasteiger partial charge is 0.341 e. The fourth-order valence-electron chi connectivity index (χ4n) is 1.72. The molecule has 0 fully saturated rings. The summed E-state index contributed by atoms with van der Waals surface area (Å²) in [5, 5.41) is 3.27. The Morgan fingerprint density at radius 3 is 2.65 bits per heavy atom. The molecule has 1 amide bonds. The first-order chi connectivity index (χ1) is 9.53. The Bertz CT molecular complexity index is 471. The van der Waals surface area contributed by atoms with Crippen LogP contribution in [-0.2, 0) is 16.0 Å². The molecule has 3 N–H and O–H groups in total. The number of ether oxygens (including phenoxy) is 1. The Kier molecular flexibility index (Phi) is 6.67. The summed E-state index contributed by atoms with van der Waals surface area (Å²) >= 11 is 1.39. The van der Waals surface area contributed by atoms with Crippen LogP contribution in [0.25, 0.3) is 0 Å². The third kappa shape index (κ3) is 4.31. The number of thiophene rings is 1. The molecule has 1 rings (SSSR count). The van der Waals surface area contributed by atoms with Crippen molar-refractivity contribution < 1.29 is 14.3 Å². The Morgan fingerprint density at radius 1 is 1.40 bits per heavy atom. The van der Waals surface area contributed by atoms with Crippen molar-refractivity contribution in [1.82, 2.24) is 0 Å². The monoisotopic (exact) mass is 298 g/mol. The second-order valence-corrected chi connectivity index (χ2v) is 5.55. The van der Waals surface area contributed by atoms with Crippen molar-refractivity contribution in [2.75, 3.05) is 11.9 Å². The quantitative estimate of drug-likeness (QED) is 0.758. The molecule has 112 valence electrons. The van der Waals surface area contributed by atoms with E-state index < -0.39 is 12.0 Å². The lowest BCUT2D eigenvalue weighted by Crippen LogP contribution is -2.35. The Balaban J connectivity index is 2.90. The molecule has 6 heteroatoms. The number of aryl methyl sites for hydroxylation is 1. The van der Waals surface area contributed by atoms with Crippen LogP contribution in [0.3, 0.4) is 0 Å². The zero-order valence-corrected chi connectivity index (χ0v) is 13.0. The van der Waals surface area contributed by atoms with E-state index >= 15 is 0 Å². The normalized spacial score (nSPS) is 12.0. The molecule has 1 heterocycles. The second-order valence-electron chi connectivity index (χ2n) is 4.41. The number of nitrogens with one attached hydrogen (secondary N) is 1. The van der Waals surface area contributed by atoms with Crippen LogP contribution in [0, 0.1) is 0 Å². The van der Waals surface area contributed by atoms with Gasteiger partial charge in [-0.1, -0.05) is 20.3 Å². The highest BCUT2D eigenvalue weighted by Gasteiger charge is 2.20. The Labute approximate surface area is 123 Å². The van der Waals surface area contributed by atoms with E-state index in [1.165, 1.54) is 11.3 Å². The van der Waals surface area contributed by atoms with Crippen molar-refractivity contribution in [3.8, 4) is 0 Å². The van der Waals surface area contributed by atoms with Crippen molar-refractivity contribution in [2.45, 2.75) is 46.1 Å². The summed E-state index contributed by atoms with van der Waals surface area (Å²) in [6, 6.07) is 1.21. The molecule has 0 aromatic carbocycles. The van der Waals surface area contributed by atoms with Gasteiger partial charge in [0.05, 0.1) is 18.2 Å². The Hall–Kier alpha value is -1.40. The van der Waals surface area contributed by atoms with Gasteiger partial charge >= 0.3 is 5.97 Å². The van der Waals surface area contributed by atoms with Crippen LogP contribution in [0.2, 0.25) is 0 Å². The minimum absolute atomic E-state index is 0.262. The van der Waals surface area contributed by atoms with Gasteiger partial charge in [-0.15, -0.1) is 11.3 Å². The van der Waals surface area contributed by atoms with Crippen molar-refractivity contribution in [2.24, 2.45) is 5.73 Å². The number of amides is 1. The van der Waals surface area contributed by atoms with Crippen LogP contribution in [-0.4, -0.2) is 24.5 Å². The molecule has 0 bridgehead atoms. The van der Waals surface area contributed by atoms with E-state index in [0.717, 1.165) is 17.7 Å². The van der Waals surface area contributed by atoms with Gasteiger partial charge in [-0.25, -0.2) is 4.79 Å². The molecule has 5 nitrogen and oxygen atoms in total. The number of hydrogen-bond acceptors (Lipinski definition) is 5. The summed E-state index contributed by atoms with van der Waals surface area (Å²) in [4.78, 5) is 24.8. The highest BCUT2D eigenvalue weighted by atomic mass is 32.1. The van der Waals surface area contributed by atoms with Crippen LogP contribution >= 0.6 is 11.3 Å². The molecular weight excluding hydrogens is 276 g/mol. The summed E-state index contributed by atoms with van der Waals surface area (Å²) in [6.45, 7) is 6.02. The zero-order valence-electron chi connectivity index (χ0n) is 12.2. The van der Waals surface area contributed by atoms with Gasteiger partial charge < -0.3 is 15.8 Å². The average molecular weight is 298 g/mol. The van der Waals surface area contributed by atoms with Crippen LogP contribution in [0.4, 0.5) is 5.00 Å². The fraction of sp³-hybridized carbons (Fsp3) is 0.571. The molecule has 0 unspecified atom stereocenters. The van der Waals surface area contributed by atoms with Crippen molar-refractivity contribution in [1.29, 1.82) is 0 Å². The molecule has 0 saturated heterocycles. The summed E-state index contributed by atoms with van der Waals surface area (Å²) in [5.74, 6) is -0.676. The summed E-state index contributed by atoms with van der Waals surface area (Å²) in [6.07, 6.45) is 2.25. The predicted molar refractivity (Wildman–Crippen MR) is 81.2 cm³/mol. The summed E-state index contributed by atoms with van der Waals surface area (Å²) < 4.78 is 5.00. The van der Waals surface area contributed by atoms with Gasteiger partial charge in [0, 0.05) is 4.88 Å². The number of esters is 1. The lowest BCUT2D eigenvalue weighted by atomic mass is 10.1. The first-order valence-electron chi connectivity index (χ1n) is 6.89. The molecule has 1 aromatic rings. The number of anilines is 1. The summed E-state index contributed by atoms with van der Waals surface area (Å²) in [5.41, 5.74) is 6.18. The van der Waals surface area contributed by atoms with E-state index in [0.29, 0.717) is 23.6 Å². The maximum atomic E-state index is 12.0. The molecule has 0 aliphatic carbocycles. The van der Waals surface area contributed by atoms with Crippen molar-refractivity contribution in [3.63, 3.8) is 0 Å². The van der Waals surface area contributed by atoms with E-state index in [1.54, 1.807) is 13.0 Å². The third-order valence-electron chi connectivity index (χ3n) is 2.80. The number of carbonyl (C=O) groups excluding carboxylic acids is 2. The molecule has 0 saturated carbocycles. The van der Waals surface area contributed by atoms with Crippen LogP contribution in [0.5, 0.6) is 0 Å². The van der Waals surface area contributed by atoms with E-state index in [2.05, 4.69) is 5.32 Å². The summed E-state index contributed by atoms with van der Waals surface area (Å²) in [7, 11) is 0. The molecule has 1 aromatic heterocycles.